The van der Waals surface area contributed by atoms with Crippen molar-refractivity contribution < 1.29 is 37.3 Å². The number of rotatable bonds is 4. The van der Waals surface area contributed by atoms with Gasteiger partial charge in [-0.15, -0.1) is 10.2 Å². The molecule has 2 aliphatic rings. The Morgan fingerprint density at radius 3 is 2.48 bits per heavy atom. The average molecular weight is 440 g/mol. The number of hydrogen-bond donors (Lipinski definition) is 1. The van der Waals surface area contributed by atoms with E-state index in [1.807, 2.05) is 6.92 Å². The predicted octanol–water partition coefficient (Wildman–Crippen LogP) is 1.32. The largest absolute Gasteiger partial charge is 0.490 e. The van der Waals surface area contributed by atoms with E-state index in [1.54, 1.807) is 30.3 Å². The molecule has 0 saturated carbocycles. The molecule has 13 heteroatoms. The fourth-order valence-electron chi connectivity index (χ4n) is 2.86. The van der Waals surface area contributed by atoms with Crippen molar-refractivity contribution >= 4 is 28.3 Å². The van der Waals surface area contributed by atoms with Crippen LogP contribution in [0.3, 0.4) is 0 Å². The zero-order valence-electron chi connectivity index (χ0n) is 16.2. The molecule has 2 fully saturated rings. The van der Waals surface area contributed by atoms with Crippen LogP contribution in [-0.2, 0) is 19.1 Å². The first-order valence-electron chi connectivity index (χ1n) is 8.73. The molecular weight excluding hydrogens is 417 g/mol. The van der Waals surface area contributed by atoms with Gasteiger partial charge in [-0.3, -0.25) is 4.79 Å². The molecule has 29 heavy (non-hydrogen) atoms. The summed E-state index contributed by atoms with van der Waals surface area (Å²) in [7, 11) is 3.48. The predicted molar refractivity (Wildman–Crippen MR) is 96.9 cm³/mol. The highest BCUT2D eigenvalue weighted by atomic mass is 32.1. The van der Waals surface area contributed by atoms with Gasteiger partial charge in [0.1, 0.15) is 17.2 Å². The molecule has 0 radical (unpaired) electrons. The van der Waals surface area contributed by atoms with Crippen LogP contribution in [0.1, 0.15) is 17.8 Å². The number of aryl methyl sites for hydroxylation is 1. The van der Waals surface area contributed by atoms with Crippen molar-refractivity contribution in [3.8, 4) is 0 Å². The third kappa shape index (κ3) is 6.51. The highest BCUT2D eigenvalue weighted by molar-refractivity contribution is 7.15. The molecule has 0 aromatic carbocycles. The van der Waals surface area contributed by atoms with Crippen molar-refractivity contribution in [3.05, 3.63) is 5.01 Å². The molecule has 1 spiro atoms. The van der Waals surface area contributed by atoms with Crippen molar-refractivity contribution in [2.45, 2.75) is 37.6 Å². The molecule has 2 aliphatic heterocycles. The molecule has 3 heterocycles. The summed E-state index contributed by atoms with van der Waals surface area (Å²) in [5, 5.41) is 17.3. The third-order valence-corrected chi connectivity index (χ3v) is 5.27. The van der Waals surface area contributed by atoms with E-state index >= 15 is 0 Å². The van der Waals surface area contributed by atoms with E-state index in [4.69, 9.17) is 19.4 Å². The quantitative estimate of drug-likeness (QED) is 0.748. The van der Waals surface area contributed by atoms with Crippen molar-refractivity contribution in [2.75, 3.05) is 45.3 Å². The van der Waals surface area contributed by atoms with Crippen molar-refractivity contribution in [2.24, 2.45) is 0 Å². The summed E-state index contributed by atoms with van der Waals surface area (Å²) in [6, 6.07) is 0. The minimum atomic E-state index is -5.08. The zero-order chi connectivity index (χ0) is 21.8. The number of aromatic nitrogens is 2. The Labute approximate surface area is 169 Å². The maximum atomic E-state index is 11.6. The number of halogens is 3. The van der Waals surface area contributed by atoms with Gasteiger partial charge in [-0.25, -0.2) is 4.79 Å². The van der Waals surface area contributed by atoms with E-state index in [0.717, 1.165) is 36.1 Å². The van der Waals surface area contributed by atoms with Gasteiger partial charge in [0.05, 0.1) is 19.2 Å². The first-order valence-corrected chi connectivity index (χ1v) is 9.54. The fraction of sp³-hybridized carbons (Fsp3) is 0.750. The molecule has 1 N–H and O–H groups in total. The van der Waals surface area contributed by atoms with Gasteiger partial charge >= 0.3 is 12.1 Å². The number of ether oxygens (including phenoxy) is 2. The van der Waals surface area contributed by atoms with Crippen LogP contribution in [-0.4, -0.2) is 90.4 Å². The van der Waals surface area contributed by atoms with E-state index in [1.165, 1.54) is 0 Å². The SMILES string of the molecule is Cc1nnc(N2CC3(CC(OCC(=O)N(C)C)CCO3)C2)s1.O=C(O)C(F)(F)F. The number of hydrogen-bond acceptors (Lipinski definition) is 8. The molecule has 0 aliphatic carbocycles. The maximum Gasteiger partial charge on any atom is 0.490 e. The van der Waals surface area contributed by atoms with Crippen LogP contribution in [0.2, 0.25) is 0 Å². The number of alkyl halides is 3. The summed E-state index contributed by atoms with van der Waals surface area (Å²) in [5.41, 5.74) is -0.149. The van der Waals surface area contributed by atoms with E-state index in [9.17, 15) is 18.0 Å². The number of aliphatic carboxylic acids is 1. The minimum Gasteiger partial charge on any atom is -0.475 e. The number of carbonyl (C=O) groups is 2. The fourth-order valence-corrected chi connectivity index (χ4v) is 3.55. The second-order valence-electron chi connectivity index (χ2n) is 7.01. The summed E-state index contributed by atoms with van der Waals surface area (Å²) < 4.78 is 43.5. The molecule has 1 aromatic rings. The van der Waals surface area contributed by atoms with E-state index in [-0.39, 0.29) is 24.2 Å². The van der Waals surface area contributed by atoms with Gasteiger partial charge in [0.25, 0.3) is 0 Å². The standard InChI is InChI=1S/C14H22N4O3S.C2HF3O2/c1-10-15-16-13(22-10)18-8-14(9-18)6-11(4-5-21-14)20-7-12(19)17(2)3;3-2(4,5)1(6)7/h11H,4-9H2,1-3H3;(H,6,7). The van der Waals surface area contributed by atoms with Crippen LogP contribution < -0.4 is 4.90 Å². The molecule has 1 aromatic heterocycles. The Hall–Kier alpha value is -1.99. The topological polar surface area (TPSA) is 105 Å². The summed E-state index contributed by atoms with van der Waals surface area (Å²) in [5.74, 6) is -2.76. The number of carboxylic acid groups (broad SMARTS) is 1. The van der Waals surface area contributed by atoms with Crippen LogP contribution in [0.4, 0.5) is 18.3 Å². The van der Waals surface area contributed by atoms with Crippen LogP contribution in [0.15, 0.2) is 0 Å². The Balaban J connectivity index is 0.000000370. The monoisotopic (exact) mass is 440 g/mol. The highest BCUT2D eigenvalue weighted by Crippen LogP contribution is 2.38. The lowest BCUT2D eigenvalue weighted by Crippen LogP contribution is -2.66. The molecule has 2 saturated heterocycles. The molecule has 1 atom stereocenters. The highest BCUT2D eigenvalue weighted by Gasteiger charge is 2.49. The number of amides is 1. The smallest absolute Gasteiger partial charge is 0.475 e. The number of carbonyl (C=O) groups excluding carboxylic acids is 1. The van der Waals surface area contributed by atoms with Crippen LogP contribution >= 0.6 is 11.3 Å². The molecular formula is C16H23F3N4O5S. The second-order valence-corrected chi connectivity index (χ2v) is 8.17. The third-order valence-electron chi connectivity index (χ3n) is 4.38. The van der Waals surface area contributed by atoms with Crippen LogP contribution in [0.5, 0.6) is 0 Å². The Morgan fingerprint density at radius 2 is 2.00 bits per heavy atom. The van der Waals surface area contributed by atoms with Crippen LogP contribution in [0, 0.1) is 6.92 Å². The first kappa shape index (κ1) is 23.3. The second kappa shape index (κ2) is 9.22. The number of anilines is 1. The van der Waals surface area contributed by atoms with Crippen molar-refractivity contribution in [3.63, 3.8) is 0 Å². The van der Waals surface area contributed by atoms with Gasteiger partial charge in [-0.2, -0.15) is 13.2 Å². The summed E-state index contributed by atoms with van der Waals surface area (Å²) in [6.45, 7) is 4.43. The number of carboxylic acids is 1. The van der Waals surface area contributed by atoms with Gasteiger partial charge in [0, 0.05) is 27.1 Å². The van der Waals surface area contributed by atoms with E-state index in [0.29, 0.717) is 6.61 Å². The minimum absolute atomic E-state index is 0.000105. The van der Waals surface area contributed by atoms with Gasteiger partial charge in [0.2, 0.25) is 11.0 Å². The number of likely N-dealkylation sites (N-methyl/N-ethyl adjacent to an activating group) is 1. The number of nitrogens with zero attached hydrogens (tertiary/aromatic N) is 4. The molecule has 1 amide bonds. The van der Waals surface area contributed by atoms with E-state index < -0.39 is 12.1 Å². The summed E-state index contributed by atoms with van der Waals surface area (Å²) >= 11 is 1.60. The summed E-state index contributed by atoms with van der Waals surface area (Å²) in [4.78, 5) is 24.3. The lowest BCUT2D eigenvalue weighted by Gasteiger charge is -2.52. The lowest BCUT2D eigenvalue weighted by molar-refractivity contribution is -0.192. The molecule has 1 unspecified atom stereocenters. The average Bonchev–Trinajstić information content (AvgIpc) is 3.03. The summed E-state index contributed by atoms with van der Waals surface area (Å²) in [6.07, 6.45) is -3.31. The Bertz CT molecular complexity index is 722. The maximum absolute atomic E-state index is 11.6. The zero-order valence-corrected chi connectivity index (χ0v) is 17.0. The van der Waals surface area contributed by atoms with Crippen LogP contribution in [0.25, 0.3) is 0 Å². The van der Waals surface area contributed by atoms with Gasteiger partial charge in [0.15, 0.2) is 0 Å². The molecule has 0 bridgehead atoms. The normalized spacial score (nSPS) is 20.5. The van der Waals surface area contributed by atoms with Gasteiger partial charge in [-0.05, 0) is 13.3 Å². The Morgan fingerprint density at radius 1 is 1.38 bits per heavy atom. The molecule has 9 nitrogen and oxygen atoms in total. The van der Waals surface area contributed by atoms with Crippen molar-refractivity contribution in [1.29, 1.82) is 0 Å². The van der Waals surface area contributed by atoms with Crippen molar-refractivity contribution in [1.82, 2.24) is 15.1 Å². The molecule has 164 valence electrons. The Kier molecular flexibility index (Phi) is 7.40. The van der Waals surface area contributed by atoms with Gasteiger partial charge in [-0.1, -0.05) is 11.3 Å². The van der Waals surface area contributed by atoms with E-state index in [2.05, 4.69) is 15.1 Å². The first-order chi connectivity index (χ1) is 13.4. The molecule has 3 rings (SSSR count). The van der Waals surface area contributed by atoms with Gasteiger partial charge < -0.3 is 24.4 Å². The lowest BCUT2D eigenvalue weighted by atomic mass is 9.85.